The van der Waals surface area contributed by atoms with E-state index in [9.17, 15) is 20.2 Å². The van der Waals surface area contributed by atoms with E-state index in [0.29, 0.717) is 11.3 Å². The van der Waals surface area contributed by atoms with Gasteiger partial charge in [0, 0.05) is 18.7 Å². The summed E-state index contributed by atoms with van der Waals surface area (Å²) in [5.74, 6) is 0.649. The Morgan fingerprint density at radius 3 is 2.60 bits per heavy atom. The van der Waals surface area contributed by atoms with Gasteiger partial charge in [0.15, 0.2) is 0 Å². The molecular formula is C22H17N3O5. The van der Waals surface area contributed by atoms with Gasteiger partial charge in [-0.3, -0.25) is 14.9 Å². The topological polar surface area (TPSA) is 118 Å². The molecule has 150 valence electrons. The van der Waals surface area contributed by atoms with Gasteiger partial charge in [0.25, 0.3) is 11.6 Å². The van der Waals surface area contributed by atoms with Crippen molar-refractivity contribution < 1.29 is 18.9 Å². The van der Waals surface area contributed by atoms with Gasteiger partial charge in [-0.2, -0.15) is 5.26 Å². The molecule has 1 aromatic heterocycles. The maximum atomic E-state index is 12.3. The van der Waals surface area contributed by atoms with E-state index < -0.39 is 10.8 Å². The average Bonchev–Trinajstić information content (AvgIpc) is 3.24. The van der Waals surface area contributed by atoms with Crippen molar-refractivity contribution in [3.8, 4) is 23.1 Å². The van der Waals surface area contributed by atoms with Gasteiger partial charge in [0.05, 0.1) is 17.6 Å². The van der Waals surface area contributed by atoms with Crippen molar-refractivity contribution in [1.82, 2.24) is 5.32 Å². The number of hydrogen-bond donors (Lipinski definition) is 1. The van der Waals surface area contributed by atoms with Gasteiger partial charge in [-0.15, -0.1) is 0 Å². The van der Waals surface area contributed by atoms with Crippen molar-refractivity contribution in [2.75, 3.05) is 7.11 Å². The number of ether oxygens (including phenoxy) is 1. The van der Waals surface area contributed by atoms with Crippen LogP contribution in [-0.2, 0) is 11.3 Å². The molecule has 0 radical (unpaired) electrons. The van der Waals surface area contributed by atoms with Gasteiger partial charge in [0.1, 0.15) is 28.9 Å². The van der Waals surface area contributed by atoms with E-state index in [0.717, 1.165) is 5.56 Å². The average molecular weight is 403 g/mol. The van der Waals surface area contributed by atoms with Gasteiger partial charge in [-0.1, -0.05) is 24.3 Å². The molecule has 30 heavy (non-hydrogen) atoms. The molecule has 0 aliphatic carbocycles. The van der Waals surface area contributed by atoms with Crippen LogP contribution in [0.4, 0.5) is 5.69 Å². The Kier molecular flexibility index (Phi) is 6.25. The summed E-state index contributed by atoms with van der Waals surface area (Å²) in [6, 6.07) is 18.3. The second-order valence-corrected chi connectivity index (χ2v) is 6.18. The predicted molar refractivity (Wildman–Crippen MR) is 109 cm³/mol. The number of amides is 1. The molecule has 1 amide bonds. The predicted octanol–water partition coefficient (Wildman–Crippen LogP) is 4.09. The number of para-hydroxylation sites is 1. The molecule has 3 rings (SSSR count). The molecule has 0 atom stereocenters. The molecule has 0 aliphatic heterocycles. The van der Waals surface area contributed by atoms with E-state index >= 15 is 0 Å². The van der Waals surface area contributed by atoms with E-state index in [1.165, 1.54) is 12.1 Å². The van der Waals surface area contributed by atoms with Crippen LogP contribution in [0.25, 0.3) is 17.4 Å². The van der Waals surface area contributed by atoms with Crippen molar-refractivity contribution in [3.05, 3.63) is 87.7 Å². The van der Waals surface area contributed by atoms with Crippen LogP contribution >= 0.6 is 0 Å². The Hall–Kier alpha value is -4.38. The number of carbonyl (C=O) groups is 1. The van der Waals surface area contributed by atoms with Gasteiger partial charge >= 0.3 is 0 Å². The minimum absolute atomic E-state index is 0.0971. The highest BCUT2D eigenvalue weighted by molar-refractivity contribution is 6.01. The molecule has 8 heteroatoms. The van der Waals surface area contributed by atoms with Crippen molar-refractivity contribution >= 4 is 17.7 Å². The lowest BCUT2D eigenvalue weighted by Crippen LogP contribution is -2.23. The quantitative estimate of drug-likeness (QED) is 0.275. The molecule has 0 fully saturated rings. The summed E-state index contributed by atoms with van der Waals surface area (Å²) < 4.78 is 10.7. The number of nitriles is 1. The number of rotatable bonds is 7. The Balaban J connectivity index is 1.74. The fourth-order valence-corrected chi connectivity index (χ4v) is 2.73. The van der Waals surface area contributed by atoms with Crippen LogP contribution in [0.5, 0.6) is 5.75 Å². The second-order valence-electron chi connectivity index (χ2n) is 6.18. The first kappa shape index (κ1) is 20.4. The summed E-state index contributed by atoms with van der Waals surface area (Å²) in [6.07, 6.45) is 1.29. The number of hydrogen-bond acceptors (Lipinski definition) is 6. The molecule has 0 saturated carbocycles. The standard InChI is InChI=1S/C22H17N3O5/c1-29-17-8-6-15(7-9-17)14-24-22(26)16(13-23)12-18-10-11-21(30-18)19-4-2-3-5-20(19)25(27)28/h2-12H,14H2,1H3,(H,24,26)/b16-12+. The van der Waals surface area contributed by atoms with E-state index in [-0.39, 0.29) is 29.3 Å². The van der Waals surface area contributed by atoms with Gasteiger partial charge in [-0.05, 0) is 35.9 Å². The van der Waals surface area contributed by atoms with Crippen LogP contribution in [0.1, 0.15) is 11.3 Å². The zero-order valence-corrected chi connectivity index (χ0v) is 16.0. The van der Waals surface area contributed by atoms with E-state index in [2.05, 4.69) is 5.32 Å². The molecule has 0 unspecified atom stereocenters. The summed E-state index contributed by atoms with van der Waals surface area (Å²) in [4.78, 5) is 23.0. The zero-order valence-electron chi connectivity index (χ0n) is 16.0. The van der Waals surface area contributed by atoms with Crippen LogP contribution in [-0.4, -0.2) is 17.9 Å². The first-order valence-corrected chi connectivity index (χ1v) is 8.88. The summed E-state index contributed by atoms with van der Waals surface area (Å²) in [7, 11) is 1.57. The molecule has 0 saturated heterocycles. The Bertz CT molecular complexity index is 1140. The van der Waals surface area contributed by atoms with Crippen molar-refractivity contribution in [3.63, 3.8) is 0 Å². The molecule has 0 bridgehead atoms. The SMILES string of the molecule is COc1ccc(CNC(=O)/C(C#N)=C/c2ccc(-c3ccccc3[N+](=O)[O-])o2)cc1. The van der Waals surface area contributed by atoms with Crippen LogP contribution in [0, 0.1) is 21.4 Å². The number of methoxy groups -OCH3 is 1. The summed E-state index contributed by atoms with van der Waals surface area (Å²) in [6.45, 7) is 0.238. The number of nitrogens with zero attached hydrogens (tertiary/aromatic N) is 2. The van der Waals surface area contributed by atoms with E-state index in [1.807, 2.05) is 6.07 Å². The molecule has 0 aliphatic rings. The highest BCUT2D eigenvalue weighted by Crippen LogP contribution is 2.31. The molecule has 8 nitrogen and oxygen atoms in total. The van der Waals surface area contributed by atoms with Crippen LogP contribution in [0.15, 0.2) is 70.7 Å². The van der Waals surface area contributed by atoms with E-state index in [1.54, 1.807) is 61.7 Å². The Labute approximate surface area is 172 Å². The monoisotopic (exact) mass is 403 g/mol. The third-order valence-electron chi connectivity index (χ3n) is 4.26. The number of furan rings is 1. The third kappa shape index (κ3) is 4.72. The lowest BCUT2D eigenvalue weighted by atomic mass is 10.1. The number of nitrogens with one attached hydrogen (secondary N) is 1. The molecule has 1 heterocycles. The first-order valence-electron chi connectivity index (χ1n) is 8.88. The number of nitro benzene ring substituents is 1. The Morgan fingerprint density at radius 1 is 1.20 bits per heavy atom. The summed E-state index contributed by atoms with van der Waals surface area (Å²) in [5.41, 5.74) is 0.912. The molecule has 3 aromatic rings. The fraction of sp³-hybridized carbons (Fsp3) is 0.0909. The maximum absolute atomic E-state index is 12.3. The number of nitro groups is 1. The lowest BCUT2D eigenvalue weighted by Gasteiger charge is -2.05. The van der Waals surface area contributed by atoms with Crippen LogP contribution in [0.3, 0.4) is 0 Å². The highest BCUT2D eigenvalue weighted by Gasteiger charge is 2.17. The first-order chi connectivity index (χ1) is 14.5. The van der Waals surface area contributed by atoms with Crippen LogP contribution < -0.4 is 10.1 Å². The highest BCUT2D eigenvalue weighted by atomic mass is 16.6. The summed E-state index contributed by atoms with van der Waals surface area (Å²) >= 11 is 0. The lowest BCUT2D eigenvalue weighted by molar-refractivity contribution is -0.384. The van der Waals surface area contributed by atoms with Crippen LogP contribution in [0.2, 0.25) is 0 Å². The second kappa shape index (κ2) is 9.21. The smallest absolute Gasteiger partial charge is 0.280 e. The zero-order chi connectivity index (χ0) is 21.5. The number of benzene rings is 2. The Morgan fingerprint density at radius 2 is 1.93 bits per heavy atom. The molecular weight excluding hydrogens is 386 g/mol. The molecule has 2 aromatic carbocycles. The largest absolute Gasteiger partial charge is 0.497 e. The summed E-state index contributed by atoms with van der Waals surface area (Å²) in [5, 5.41) is 23.2. The normalized spacial score (nSPS) is 10.9. The third-order valence-corrected chi connectivity index (χ3v) is 4.26. The van der Waals surface area contributed by atoms with E-state index in [4.69, 9.17) is 9.15 Å². The minimum atomic E-state index is -0.558. The minimum Gasteiger partial charge on any atom is -0.497 e. The van der Waals surface area contributed by atoms with Gasteiger partial charge in [0.2, 0.25) is 0 Å². The van der Waals surface area contributed by atoms with Crippen molar-refractivity contribution in [2.45, 2.75) is 6.54 Å². The molecule has 1 N–H and O–H groups in total. The fourth-order valence-electron chi connectivity index (χ4n) is 2.73. The van der Waals surface area contributed by atoms with Gasteiger partial charge in [-0.25, -0.2) is 0 Å². The van der Waals surface area contributed by atoms with Gasteiger partial charge < -0.3 is 14.5 Å². The maximum Gasteiger partial charge on any atom is 0.280 e. The van der Waals surface area contributed by atoms with Crippen molar-refractivity contribution in [2.24, 2.45) is 0 Å². The van der Waals surface area contributed by atoms with Crippen molar-refractivity contribution in [1.29, 1.82) is 5.26 Å². The number of carbonyl (C=O) groups excluding carboxylic acids is 1. The molecule has 0 spiro atoms.